The van der Waals surface area contributed by atoms with Crippen molar-refractivity contribution in [1.82, 2.24) is 4.98 Å². The maximum Gasteiger partial charge on any atom is 0.235 e. The van der Waals surface area contributed by atoms with Gasteiger partial charge in [-0.3, -0.25) is 9.78 Å². The second-order valence-electron chi connectivity index (χ2n) is 6.14. The van der Waals surface area contributed by atoms with Gasteiger partial charge < -0.3 is 19.0 Å². The lowest BCUT2D eigenvalue weighted by molar-refractivity contribution is 0.306. The Morgan fingerprint density at radius 1 is 1.00 bits per heavy atom. The zero-order valence-corrected chi connectivity index (χ0v) is 15.1. The monoisotopic (exact) mass is 375 g/mol. The summed E-state index contributed by atoms with van der Waals surface area (Å²) in [6.45, 7) is 0.417. The number of rotatable bonds is 5. The van der Waals surface area contributed by atoms with E-state index in [-0.39, 0.29) is 11.1 Å². The fourth-order valence-electron chi connectivity index (χ4n) is 2.84. The smallest absolute Gasteiger partial charge is 0.235 e. The summed E-state index contributed by atoms with van der Waals surface area (Å²) in [6.07, 6.45) is 3.42. The summed E-state index contributed by atoms with van der Waals surface area (Å²) in [4.78, 5) is 16.5. The van der Waals surface area contributed by atoms with Gasteiger partial charge in [-0.05, 0) is 60.2 Å². The van der Waals surface area contributed by atoms with Crippen LogP contribution in [0, 0.1) is 0 Å². The largest absolute Gasteiger partial charge is 0.502 e. The van der Waals surface area contributed by atoms with Gasteiger partial charge in [0.15, 0.2) is 5.76 Å². The van der Waals surface area contributed by atoms with E-state index in [0.717, 1.165) is 5.56 Å². The summed E-state index contributed by atoms with van der Waals surface area (Å²) in [6, 6.07) is 15.6. The quantitative estimate of drug-likeness (QED) is 0.564. The summed E-state index contributed by atoms with van der Waals surface area (Å²) in [5.74, 6) is 0.852. The van der Waals surface area contributed by atoms with Gasteiger partial charge in [0, 0.05) is 18.0 Å². The highest BCUT2D eigenvalue weighted by Gasteiger charge is 2.16. The zero-order valence-electron chi connectivity index (χ0n) is 15.1. The lowest BCUT2D eigenvalue weighted by atomic mass is 10.1. The number of aromatic hydroxyl groups is 1. The Hall–Kier alpha value is -3.80. The normalized spacial score (nSPS) is 10.8. The van der Waals surface area contributed by atoms with Crippen molar-refractivity contribution < 1.29 is 19.0 Å². The van der Waals surface area contributed by atoms with E-state index in [1.54, 1.807) is 54.9 Å². The lowest BCUT2D eigenvalue weighted by Crippen LogP contribution is -2.03. The van der Waals surface area contributed by atoms with Gasteiger partial charge in [0.05, 0.1) is 12.5 Å². The third-order valence-corrected chi connectivity index (χ3v) is 4.34. The number of fused-ring (bicyclic) bond motifs is 1. The van der Waals surface area contributed by atoms with Gasteiger partial charge in [-0.1, -0.05) is 0 Å². The molecule has 2 aromatic carbocycles. The van der Waals surface area contributed by atoms with Crippen molar-refractivity contribution in [1.29, 1.82) is 0 Å². The molecule has 2 aromatic heterocycles. The van der Waals surface area contributed by atoms with E-state index in [0.29, 0.717) is 29.3 Å². The second kappa shape index (κ2) is 7.44. The van der Waals surface area contributed by atoms with Crippen LogP contribution in [0.2, 0.25) is 0 Å². The van der Waals surface area contributed by atoms with Crippen LogP contribution >= 0.6 is 0 Å². The van der Waals surface area contributed by atoms with Gasteiger partial charge >= 0.3 is 0 Å². The van der Waals surface area contributed by atoms with Gasteiger partial charge in [-0.15, -0.1) is 0 Å². The molecule has 28 heavy (non-hydrogen) atoms. The number of aromatic nitrogens is 1. The summed E-state index contributed by atoms with van der Waals surface area (Å²) in [7, 11) is 1.51. The van der Waals surface area contributed by atoms with E-state index in [1.165, 1.54) is 7.11 Å². The van der Waals surface area contributed by atoms with Crippen LogP contribution in [0.1, 0.15) is 5.56 Å². The molecule has 4 aromatic rings. The highest BCUT2D eigenvalue weighted by molar-refractivity contribution is 5.83. The van der Waals surface area contributed by atoms with Crippen LogP contribution < -0.4 is 14.9 Å². The third kappa shape index (κ3) is 3.40. The Labute approximate surface area is 160 Å². The number of nitrogens with zero attached hydrogens (tertiary/aromatic N) is 1. The second-order valence-corrected chi connectivity index (χ2v) is 6.14. The Morgan fingerprint density at radius 2 is 1.71 bits per heavy atom. The molecule has 1 N–H and O–H groups in total. The lowest BCUT2D eigenvalue weighted by Gasteiger charge is -2.09. The van der Waals surface area contributed by atoms with Crippen LogP contribution in [-0.2, 0) is 6.61 Å². The SMILES string of the molecule is COc1ccc2oc(-c3ccc(OCc4ccncc4)cc3)c(O)c(=O)c2c1. The van der Waals surface area contributed by atoms with Crippen LogP contribution in [0.3, 0.4) is 0 Å². The van der Waals surface area contributed by atoms with Crippen molar-refractivity contribution in [3.05, 3.63) is 82.8 Å². The molecule has 0 aliphatic heterocycles. The Bertz CT molecular complexity index is 1170. The molecule has 0 atom stereocenters. The van der Waals surface area contributed by atoms with E-state index in [4.69, 9.17) is 13.9 Å². The maximum atomic E-state index is 12.5. The first-order valence-electron chi connectivity index (χ1n) is 8.61. The van der Waals surface area contributed by atoms with Crippen molar-refractivity contribution in [3.63, 3.8) is 0 Å². The molecule has 0 aliphatic rings. The van der Waals surface area contributed by atoms with Crippen molar-refractivity contribution >= 4 is 11.0 Å². The Morgan fingerprint density at radius 3 is 2.43 bits per heavy atom. The molecule has 2 heterocycles. The molecule has 4 rings (SSSR count). The number of ether oxygens (including phenoxy) is 2. The Balaban J connectivity index is 1.63. The van der Waals surface area contributed by atoms with E-state index in [1.807, 2.05) is 12.1 Å². The van der Waals surface area contributed by atoms with E-state index >= 15 is 0 Å². The van der Waals surface area contributed by atoms with Gasteiger partial charge in [-0.2, -0.15) is 0 Å². The highest BCUT2D eigenvalue weighted by Crippen LogP contribution is 2.32. The van der Waals surface area contributed by atoms with Crippen molar-refractivity contribution in [2.24, 2.45) is 0 Å². The van der Waals surface area contributed by atoms with Crippen molar-refractivity contribution in [2.45, 2.75) is 6.61 Å². The molecule has 140 valence electrons. The van der Waals surface area contributed by atoms with Gasteiger partial charge in [-0.25, -0.2) is 0 Å². The number of pyridine rings is 1. The number of hydrogen-bond donors (Lipinski definition) is 1. The number of hydrogen-bond acceptors (Lipinski definition) is 6. The standard InChI is InChI=1S/C22H17NO5/c1-26-17-6-7-19-18(12-17)20(24)21(25)22(28-19)15-2-4-16(5-3-15)27-13-14-8-10-23-11-9-14/h2-12,25H,13H2,1H3. The van der Waals surface area contributed by atoms with Crippen LogP contribution in [0.15, 0.2) is 76.2 Å². The third-order valence-electron chi connectivity index (χ3n) is 4.34. The van der Waals surface area contributed by atoms with Gasteiger partial charge in [0.25, 0.3) is 0 Å². The predicted octanol–water partition coefficient (Wildman–Crippen LogP) is 4.15. The van der Waals surface area contributed by atoms with Crippen LogP contribution in [0.5, 0.6) is 17.2 Å². The van der Waals surface area contributed by atoms with Gasteiger partial charge in [0.2, 0.25) is 11.2 Å². The number of benzene rings is 2. The van der Waals surface area contributed by atoms with E-state index in [2.05, 4.69) is 4.98 Å². The first-order valence-corrected chi connectivity index (χ1v) is 8.61. The predicted molar refractivity (Wildman–Crippen MR) is 105 cm³/mol. The van der Waals surface area contributed by atoms with Gasteiger partial charge in [0.1, 0.15) is 23.7 Å². The average molecular weight is 375 g/mol. The molecule has 0 saturated carbocycles. The molecule has 0 saturated heterocycles. The minimum absolute atomic E-state index is 0.114. The minimum atomic E-state index is -0.506. The zero-order chi connectivity index (χ0) is 19.5. The molecular formula is C22H17NO5. The summed E-state index contributed by atoms with van der Waals surface area (Å²) in [5.41, 5.74) is 1.45. The molecule has 6 heteroatoms. The average Bonchev–Trinajstić information content (AvgIpc) is 2.75. The number of methoxy groups -OCH3 is 1. The molecule has 6 nitrogen and oxygen atoms in total. The minimum Gasteiger partial charge on any atom is -0.502 e. The highest BCUT2D eigenvalue weighted by atomic mass is 16.5. The van der Waals surface area contributed by atoms with Crippen LogP contribution in [0.25, 0.3) is 22.3 Å². The summed E-state index contributed by atoms with van der Waals surface area (Å²) in [5, 5.41) is 10.6. The van der Waals surface area contributed by atoms with E-state index in [9.17, 15) is 9.90 Å². The molecule has 0 aliphatic carbocycles. The fourth-order valence-corrected chi connectivity index (χ4v) is 2.84. The molecule has 0 bridgehead atoms. The van der Waals surface area contributed by atoms with Crippen LogP contribution in [-0.4, -0.2) is 17.2 Å². The molecule has 0 radical (unpaired) electrons. The fraction of sp³-hybridized carbons (Fsp3) is 0.0909. The van der Waals surface area contributed by atoms with Crippen molar-refractivity contribution in [2.75, 3.05) is 7.11 Å². The van der Waals surface area contributed by atoms with E-state index < -0.39 is 11.2 Å². The maximum absolute atomic E-state index is 12.5. The first-order chi connectivity index (χ1) is 13.7. The first kappa shape index (κ1) is 17.6. The summed E-state index contributed by atoms with van der Waals surface area (Å²) < 4.78 is 16.6. The molecule has 0 unspecified atom stereocenters. The molecule has 0 spiro atoms. The molecule has 0 fully saturated rings. The topological polar surface area (TPSA) is 81.8 Å². The molecular weight excluding hydrogens is 358 g/mol. The summed E-state index contributed by atoms with van der Waals surface area (Å²) >= 11 is 0. The van der Waals surface area contributed by atoms with Crippen LogP contribution in [0.4, 0.5) is 0 Å². The Kier molecular flexibility index (Phi) is 4.68. The van der Waals surface area contributed by atoms with Crippen molar-refractivity contribution in [3.8, 4) is 28.6 Å². The molecule has 0 amide bonds.